The Labute approximate surface area is 187 Å². The lowest BCUT2D eigenvalue weighted by Gasteiger charge is -2.38. The first-order chi connectivity index (χ1) is 15.7. The largest absolute Gasteiger partial charge is 0.454 e. The molecule has 5 rings (SSSR count). The maximum Gasteiger partial charge on any atom is 0.254 e. The van der Waals surface area contributed by atoms with E-state index in [4.69, 9.17) is 9.47 Å². The molecule has 1 fully saturated rings. The summed E-state index contributed by atoms with van der Waals surface area (Å²) in [5.74, 6) is 2.21. The molecule has 1 aliphatic carbocycles. The fraction of sp³-hybridized carbons (Fsp3) is 0.400. The lowest BCUT2D eigenvalue weighted by atomic mass is 9.69. The molecule has 32 heavy (non-hydrogen) atoms. The van der Waals surface area contributed by atoms with Crippen molar-refractivity contribution in [3.05, 3.63) is 65.6 Å². The highest BCUT2D eigenvalue weighted by molar-refractivity contribution is 5.95. The van der Waals surface area contributed by atoms with E-state index in [0.29, 0.717) is 24.3 Å². The molecule has 2 aliphatic rings. The second-order valence-electron chi connectivity index (χ2n) is 8.55. The van der Waals surface area contributed by atoms with Crippen LogP contribution in [0.15, 0.2) is 48.8 Å². The molecule has 1 N–H and O–H groups in total. The number of nitrogens with zero attached hydrogens (tertiary/aromatic N) is 3. The predicted molar refractivity (Wildman–Crippen MR) is 120 cm³/mol. The van der Waals surface area contributed by atoms with E-state index >= 15 is 0 Å². The molecular formula is C25H28N4O3. The molecule has 7 nitrogen and oxygen atoms in total. The molecule has 0 spiro atoms. The van der Waals surface area contributed by atoms with Crippen LogP contribution < -0.4 is 14.8 Å². The van der Waals surface area contributed by atoms with Gasteiger partial charge < -0.3 is 14.8 Å². The molecule has 3 heterocycles. The third-order valence-electron chi connectivity index (χ3n) is 6.70. The first kappa shape index (κ1) is 20.5. The quantitative estimate of drug-likeness (QED) is 0.632. The Kier molecular flexibility index (Phi) is 5.55. The molecule has 0 unspecified atom stereocenters. The Hall–Kier alpha value is -3.35. The topological polar surface area (TPSA) is 78.3 Å². The summed E-state index contributed by atoms with van der Waals surface area (Å²) in [6.07, 6.45) is 9.70. The van der Waals surface area contributed by atoms with Gasteiger partial charge in [0, 0.05) is 18.2 Å². The minimum Gasteiger partial charge on any atom is -0.454 e. The number of fused-ring (bicyclic) bond motifs is 1. The van der Waals surface area contributed by atoms with Crippen LogP contribution in [0.2, 0.25) is 0 Å². The average Bonchev–Trinajstić information content (AvgIpc) is 3.50. The van der Waals surface area contributed by atoms with Gasteiger partial charge in [0.15, 0.2) is 17.3 Å². The van der Waals surface area contributed by atoms with Gasteiger partial charge in [-0.2, -0.15) is 5.10 Å². The highest BCUT2D eigenvalue weighted by atomic mass is 16.7. The van der Waals surface area contributed by atoms with Crippen LogP contribution in [-0.2, 0) is 11.8 Å². The van der Waals surface area contributed by atoms with Gasteiger partial charge in [0.2, 0.25) is 6.79 Å². The van der Waals surface area contributed by atoms with Crippen LogP contribution >= 0.6 is 0 Å². The summed E-state index contributed by atoms with van der Waals surface area (Å²) >= 11 is 0. The summed E-state index contributed by atoms with van der Waals surface area (Å²) in [5.41, 5.74) is 2.58. The Morgan fingerprint density at radius 3 is 2.75 bits per heavy atom. The maximum atomic E-state index is 13.2. The van der Waals surface area contributed by atoms with E-state index in [9.17, 15) is 4.79 Å². The van der Waals surface area contributed by atoms with Crippen molar-refractivity contribution in [3.8, 4) is 17.3 Å². The number of hydrogen-bond acceptors (Lipinski definition) is 5. The smallest absolute Gasteiger partial charge is 0.254 e. The van der Waals surface area contributed by atoms with Gasteiger partial charge in [0.1, 0.15) is 0 Å². The number of aromatic nitrogens is 3. The van der Waals surface area contributed by atoms with Crippen LogP contribution in [0.4, 0.5) is 0 Å². The highest BCUT2D eigenvalue weighted by Gasteiger charge is 2.36. The van der Waals surface area contributed by atoms with Crippen LogP contribution in [0.25, 0.3) is 5.82 Å². The lowest BCUT2D eigenvalue weighted by molar-refractivity contribution is 0.0935. The zero-order chi connectivity index (χ0) is 22.0. The van der Waals surface area contributed by atoms with Gasteiger partial charge >= 0.3 is 0 Å². The second kappa shape index (κ2) is 8.65. The van der Waals surface area contributed by atoms with Gasteiger partial charge in [-0.05, 0) is 49.1 Å². The van der Waals surface area contributed by atoms with Crippen molar-refractivity contribution < 1.29 is 14.3 Å². The number of nitrogens with one attached hydrogen (secondary N) is 1. The average molecular weight is 433 g/mol. The molecule has 2 aromatic heterocycles. The zero-order valence-corrected chi connectivity index (χ0v) is 18.3. The zero-order valence-electron chi connectivity index (χ0n) is 18.3. The summed E-state index contributed by atoms with van der Waals surface area (Å²) in [5, 5.41) is 7.68. The summed E-state index contributed by atoms with van der Waals surface area (Å²) in [6, 6.07) is 11.9. The van der Waals surface area contributed by atoms with Gasteiger partial charge in [-0.1, -0.05) is 38.3 Å². The Balaban J connectivity index is 1.39. The van der Waals surface area contributed by atoms with Crippen LogP contribution in [0.1, 0.15) is 60.6 Å². The third kappa shape index (κ3) is 3.72. The van der Waals surface area contributed by atoms with Gasteiger partial charge in [0.25, 0.3) is 5.91 Å². The SMILES string of the molecule is CCc1c(C(=O)NCC2(c3ccc4c(c3)OCO4)CCCCC2)cnn1-c1ccccn1. The molecule has 0 radical (unpaired) electrons. The molecule has 0 saturated heterocycles. The third-order valence-corrected chi connectivity index (χ3v) is 6.70. The van der Waals surface area contributed by atoms with Crippen LogP contribution in [0, 0.1) is 0 Å². The Morgan fingerprint density at radius 2 is 1.97 bits per heavy atom. The van der Waals surface area contributed by atoms with Crippen molar-refractivity contribution in [3.63, 3.8) is 0 Å². The minimum absolute atomic E-state index is 0.0882. The second-order valence-corrected chi connectivity index (χ2v) is 8.55. The first-order valence-electron chi connectivity index (χ1n) is 11.4. The van der Waals surface area contributed by atoms with Gasteiger partial charge in [0.05, 0.1) is 17.5 Å². The van der Waals surface area contributed by atoms with Crippen molar-refractivity contribution >= 4 is 5.91 Å². The van der Waals surface area contributed by atoms with Gasteiger partial charge in [-0.15, -0.1) is 0 Å². The normalized spacial score (nSPS) is 16.7. The molecule has 7 heteroatoms. The Bertz CT molecular complexity index is 1100. The standard InChI is InChI=1S/C25H28N4O3/c1-2-20-19(15-28-29(20)23-8-4-7-13-26-23)24(30)27-16-25(11-5-3-6-12-25)18-9-10-21-22(14-18)32-17-31-21/h4,7-10,13-15H,2-3,5-6,11-12,16-17H2,1H3,(H,27,30). The molecule has 0 atom stereocenters. The fourth-order valence-corrected chi connectivity index (χ4v) is 4.95. The molecule has 3 aromatic rings. The number of pyridine rings is 1. The summed E-state index contributed by atoms with van der Waals surface area (Å²) < 4.78 is 12.9. The highest BCUT2D eigenvalue weighted by Crippen LogP contribution is 2.43. The monoisotopic (exact) mass is 432 g/mol. The molecule has 166 valence electrons. The van der Waals surface area contributed by atoms with Crippen molar-refractivity contribution in [2.45, 2.75) is 50.9 Å². The van der Waals surface area contributed by atoms with E-state index in [1.807, 2.05) is 31.2 Å². The van der Waals surface area contributed by atoms with E-state index in [0.717, 1.165) is 42.9 Å². The fourth-order valence-electron chi connectivity index (χ4n) is 4.95. The Morgan fingerprint density at radius 1 is 1.12 bits per heavy atom. The number of hydrogen-bond donors (Lipinski definition) is 1. The summed E-state index contributed by atoms with van der Waals surface area (Å²) in [7, 11) is 0. The number of benzene rings is 1. The van der Waals surface area contributed by atoms with E-state index in [2.05, 4.69) is 27.5 Å². The molecule has 1 aromatic carbocycles. The van der Waals surface area contributed by atoms with Gasteiger partial charge in [-0.3, -0.25) is 4.79 Å². The number of ether oxygens (including phenoxy) is 2. The van der Waals surface area contributed by atoms with Gasteiger partial charge in [-0.25, -0.2) is 9.67 Å². The van der Waals surface area contributed by atoms with E-state index in [-0.39, 0.29) is 18.1 Å². The molecule has 0 bridgehead atoms. The summed E-state index contributed by atoms with van der Waals surface area (Å²) in [6.45, 7) is 2.88. The lowest BCUT2D eigenvalue weighted by Crippen LogP contribution is -2.42. The van der Waals surface area contributed by atoms with Crippen LogP contribution in [0.5, 0.6) is 11.5 Å². The number of rotatable bonds is 6. The van der Waals surface area contributed by atoms with E-state index in [1.165, 1.54) is 12.0 Å². The number of carbonyl (C=O) groups excluding carboxylic acids is 1. The molecule has 1 saturated carbocycles. The molecule has 1 aliphatic heterocycles. The predicted octanol–water partition coefficient (Wildman–Crippen LogP) is 4.19. The van der Waals surface area contributed by atoms with Crippen LogP contribution in [0.3, 0.4) is 0 Å². The minimum atomic E-state index is -0.0990. The van der Waals surface area contributed by atoms with Crippen LogP contribution in [-0.4, -0.2) is 34.0 Å². The number of amides is 1. The van der Waals surface area contributed by atoms with Crippen molar-refractivity contribution in [2.24, 2.45) is 0 Å². The van der Waals surface area contributed by atoms with Crippen molar-refractivity contribution in [2.75, 3.05) is 13.3 Å². The molecular weight excluding hydrogens is 404 g/mol. The summed E-state index contributed by atoms with van der Waals surface area (Å²) in [4.78, 5) is 17.6. The van der Waals surface area contributed by atoms with E-state index < -0.39 is 0 Å². The number of carbonyl (C=O) groups is 1. The first-order valence-corrected chi connectivity index (χ1v) is 11.4. The van der Waals surface area contributed by atoms with Crippen molar-refractivity contribution in [1.29, 1.82) is 0 Å². The van der Waals surface area contributed by atoms with E-state index in [1.54, 1.807) is 17.1 Å². The maximum absolute atomic E-state index is 13.2. The van der Waals surface area contributed by atoms with Crippen molar-refractivity contribution in [1.82, 2.24) is 20.1 Å². The molecule has 1 amide bonds.